The Morgan fingerprint density at radius 2 is 1.55 bits per heavy atom. The van der Waals surface area contributed by atoms with Crippen molar-refractivity contribution in [2.75, 3.05) is 19.1 Å². The molecule has 1 unspecified atom stereocenters. The Morgan fingerprint density at radius 1 is 0.909 bits per heavy atom. The number of phenolic OH excluding ortho intramolecular Hbond substituents is 1. The van der Waals surface area contributed by atoms with Crippen LogP contribution >= 0.6 is 0 Å². The van der Waals surface area contributed by atoms with Crippen LogP contribution in [0.5, 0.6) is 17.2 Å². The van der Waals surface area contributed by atoms with Crippen molar-refractivity contribution in [3.63, 3.8) is 0 Å². The van der Waals surface area contributed by atoms with Crippen LogP contribution in [0.25, 0.3) is 5.76 Å². The lowest BCUT2D eigenvalue weighted by atomic mass is 9.94. The summed E-state index contributed by atoms with van der Waals surface area (Å²) in [6, 6.07) is 17.4. The van der Waals surface area contributed by atoms with Gasteiger partial charge in [-0.25, -0.2) is 0 Å². The normalized spacial score (nSPS) is 17.3. The van der Waals surface area contributed by atoms with E-state index in [9.17, 15) is 19.8 Å². The van der Waals surface area contributed by atoms with Crippen molar-refractivity contribution in [3.8, 4) is 17.2 Å². The summed E-state index contributed by atoms with van der Waals surface area (Å²) in [5, 5.41) is 21.5. The first-order valence-electron chi connectivity index (χ1n) is 10.3. The molecule has 33 heavy (non-hydrogen) atoms. The molecule has 4 rings (SSSR count). The number of amides is 1. The number of anilines is 1. The van der Waals surface area contributed by atoms with E-state index >= 15 is 0 Å². The van der Waals surface area contributed by atoms with E-state index in [1.54, 1.807) is 42.5 Å². The summed E-state index contributed by atoms with van der Waals surface area (Å²) in [5.74, 6) is -1.53. The second-order valence-electron chi connectivity index (χ2n) is 7.59. The Bertz CT molecular complexity index is 1260. The first kappa shape index (κ1) is 22.0. The van der Waals surface area contributed by atoms with Crippen LogP contribution in [-0.2, 0) is 9.59 Å². The average Bonchev–Trinajstić information content (AvgIpc) is 3.08. The van der Waals surface area contributed by atoms with Crippen LogP contribution in [0.2, 0.25) is 0 Å². The highest BCUT2D eigenvalue weighted by Gasteiger charge is 2.48. The van der Waals surface area contributed by atoms with Crippen LogP contribution in [0.4, 0.5) is 5.69 Å². The standard InChI is InChI=1S/C26H23NO6/c1-15-8-4-5-11-18(15)27-23(16-9-6-10-17(28)14-16)22(25(30)26(27)31)24(29)21-19(32-2)12-7-13-20(21)33-3/h4-14,23,28-29H,1-3H3/b24-22+. The maximum atomic E-state index is 13.3. The first-order valence-corrected chi connectivity index (χ1v) is 10.3. The van der Waals surface area contributed by atoms with Gasteiger partial charge in [-0.3, -0.25) is 14.5 Å². The van der Waals surface area contributed by atoms with E-state index in [4.69, 9.17) is 9.47 Å². The first-order chi connectivity index (χ1) is 15.9. The maximum absolute atomic E-state index is 13.3. The molecule has 0 aliphatic carbocycles. The van der Waals surface area contributed by atoms with Crippen molar-refractivity contribution in [3.05, 3.63) is 89.0 Å². The molecule has 2 N–H and O–H groups in total. The van der Waals surface area contributed by atoms with E-state index in [-0.39, 0.29) is 28.4 Å². The molecule has 0 saturated carbocycles. The lowest BCUT2D eigenvalue weighted by Crippen LogP contribution is -2.30. The van der Waals surface area contributed by atoms with Crippen molar-refractivity contribution in [1.82, 2.24) is 0 Å². The predicted molar refractivity (Wildman–Crippen MR) is 124 cm³/mol. The number of ketones is 1. The second kappa shape index (κ2) is 8.70. The van der Waals surface area contributed by atoms with Gasteiger partial charge >= 0.3 is 0 Å². The van der Waals surface area contributed by atoms with Crippen LogP contribution in [0, 0.1) is 6.92 Å². The molecule has 7 nitrogen and oxygen atoms in total. The third kappa shape index (κ3) is 3.67. The van der Waals surface area contributed by atoms with Crippen molar-refractivity contribution < 1.29 is 29.3 Å². The molecule has 1 heterocycles. The van der Waals surface area contributed by atoms with E-state index in [2.05, 4.69) is 0 Å². The van der Waals surface area contributed by atoms with Gasteiger partial charge in [-0.05, 0) is 48.4 Å². The van der Waals surface area contributed by atoms with Gasteiger partial charge in [0.15, 0.2) is 0 Å². The molecule has 0 spiro atoms. The number of methoxy groups -OCH3 is 2. The van der Waals surface area contributed by atoms with E-state index in [0.717, 1.165) is 5.56 Å². The van der Waals surface area contributed by atoms with Gasteiger partial charge in [-0.2, -0.15) is 0 Å². The molecule has 168 valence electrons. The molecule has 1 atom stereocenters. The molecule has 1 aliphatic heterocycles. The summed E-state index contributed by atoms with van der Waals surface area (Å²) < 4.78 is 10.8. The van der Waals surface area contributed by atoms with Crippen molar-refractivity contribution in [1.29, 1.82) is 0 Å². The molecule has 0 bridgehead atoms. The fourth-order valence-corrected chi connectivity index (χ4v) is 4.14. The Morgan fingerprint density at radius 3 is 2.15 bits per heavy atom. The number of carbonyl (C=O) groups is 2. The van der Waals surface area contributed by atoms with Crippen LogP contribution in [0.3, 0.4) is 0 Å². The number of aryl methyl sites for hydroxylation is 1. The Hall–Kier alpha value is -4.26. The quantitative estimate of drug-likeness (QED) is 0.345. The summed E-state index contributed by atoms with van der Waals surface area (Å²) in [6.07, 6.45) is 0. The Kier molecular flexibility index (Phi) is 5.79. The molecule has 1 amide bonds. The lowest BCUT2D eigenvalue weighted by molar-refractivity contribution is -0.132. The predicted octanol–water partition coefficient (Wildman–Crippen LogP) is 4.34. The van der Waals surface area contributed by atoms with Gasteiger partial charge in [-0.15, -0.1) is 0 Å². The third-order valence-corrected chi connectivity index (χ3v) is 5.67. The van der Waals surface area contributed by atoms with Crippen molar-refractivity contribution >= 4 is 23.1 Å². The zero-order chi connectivity index (χ0) is 23.7. The topological polar surface area (TPSA) is 96.3 Å². The van der Waals surface area contributed by atoms with Gasteiger partial charge < -0.3 is 19.7 Å². The number of phenols is 1. The molecule has 0 radical (unpaired) electrons. The summed E-state index contributed by atoms with van der Waals surface area (Å²) in [6.45, 7) is 1.83. The SMILES string of the molecule is COc1cccc(OC)c1/C(O)=C1\C(=O)C(=O)N(c2ccccc2C)C1c1cccc(O)c1. The number of aromatic hydroxyl groups is 1. The number of hydrogen-bond donors (Lipinski definition) is 2. The summed E-state index contributed by atoms with van der Waals surface area (Å²) in [4.78, 5) is 28.0. The minimum Gasteiger partial charge on any atom is -0.508 e. The van der Waals surface area contributed by atoms with Gasteiger partial charge in [0, 0.05) is 5.69 Å². The van der Waals surface area contributed by atoms with Gasteiger partial charge in [0.25, 0.3) is 11.7 Å². The zero-order valence-electron chi connectivity index (χ0n) is 18.4. The summed E-state index contributed by atoms with van der Waals surface area (Å²) >= 11 is 0. The van der Waals surface area contributed by atoms with E-state index in [0.29, 0.717) is 11.3 Å². The van der Waals surface area contributed by atoms with Gasteiger partial charge in [0.2, 0.25) is 0 Å². The number of carbonyl (C=O) groups excluding carboxylic acids is 2. The molecule has 7 heteroatoms. The average molecular weight is 445 g/mol. The van der Waals surface area contributed by atoms with Gasteiger partial charge in [0.1, 0.15) is 28.6 Å². The number of nitrogens with zero attached hydrogens (tertiary/aromatic N) is 1. The minimum atomic E-state index is -0.979. The molecule has 3 aromatic carbocycles. The number of hydrogen-bond acceptors (Lipinski definition) is 6. The van der Waals surface area contributed by atoms with Crippen LogP contribution in [0.15, 0.2) is 72.3 Å². The van der Waals surface area contributed by atoms with Gasteiger partial charge in [0.05, 0.1) is 25.8 Å². The van der Waals surface area contributed by atoms with Crippen LogP contribution in [-0.4, -0.2) is 36.1 Å². The number of para-hydroxylation sites is 1. The number of ether oxygens (including phenoxy) is 2. The largest absolute Gasteiger partial charge is 0.508 e. The highest BCUT2D eigenvalue weighted by molar-refractivity contribution is 6.51. The molecular weight excluding hydrogens is 422 g/mol. The Balaban J connectivity index is 2.04. The summed E-state index contributed by atoms with van der Waals surface area (Å²) in [5.41, 5.74) is 1.80. The molecule has 3 aromatic rings. The number of aliphatic hydroxyl groups excluding tert-OH is 1. The monoisotopic (exact) mass is 445 g/mol. The fourth-order valence-electron chi connectivity index (χ4n) is 4.14. The van der Waals surface area contributed by atoms with E-state index in [1.807, 2.05) is 19.1 Å². The molecule has 1 aliphatic rings. The highest BCUT2D eigenvalue weighted by atomic mass is 16.5. The summed E-state index contributed by atoms with van der Waals surface area (Å²) in [7, 11) is 2.87. The minimum absolute atomic E-state index is 0.0299. The third-order valence-electron chi connectivity index (χ3n) is 5.67. The molecular formula is C26H23NO6. The van der Waals surface area contributed by atoms with E-state index in [1.165, 1.54) is 31.3 Å². The molecule has 1 saturated heterocycles. The van der Waals surface area contributed by atoms with Crippen molar-refractivity contribution in [2.24, 2.45) is 0 Å². The number of rotatable bonds is 5. The zero-order valence-corrected chi connectivity index (χ0v) is 18.4. The number of aliphatic hydroxyl groups is 1. The van der Waals surface area contributed by atoms with Crippen LogP contribution in [0.1, 0.15) is 22.7 Å². The molecule has 0 aromatic heterocycles. The maximum Gasteiger partial charge on any atom is 0.300 e. The smallest absolute Gasteiger partial charge is 0.300 e. The van der Waals surface area contributed by atoms with Crippen LogP contribution < -0.4 is 14.4 Å². The fraction of sp³-hybridized carbons (Fsp3) is 0.154. The number of Topliss-reactive ketones (excluding diaryl/α,β-unsaturated/α-hetero) is 1. The number of benzene rings is 3. The molecule has 1 fully saturated rings. The van der Waals surface area contributed by atoms with Gasteiger partial charge in [-0.1, -0.05) is 36.4 Å². The Labute approximate surface area is 191 Å². The highest BCUT2D eigenvalue weighted by Crippen LogP contribution is 2.46. The second-order valence-corrected chi connectivity index (χ2v) is 7.59. The van der Waals surface area contributed by atoms with Crippen molar-refractivity contribution in [2.45, 2.75) is 13.0 Å². The van der Waals surface area contributed by atoms with E-state index < -0.39 is 23.5 Å². The lowest BCUT2D eigenvalue weighted by Gasteiger charge is -2.27.